The minimum absolute atomic E-state index is 0.0223. The quantitative estimate of drug-likeness (QED) is 0.507. The molecule has 3 rings (SSSR count). The minimum atomic E-state index is -1.72. The number of halogens is 1. The van der Waals surface area contributed by atoms with Crippen LogP contribution in [0.5, 0.6) is 0 Å². The Bertz CT molecular complexity index is 1080. The Morgan fingerprint density at radius 1 is 1.45 bits per heavy atom. The molecule has 0 saturated carbocycles. The largest absolute Gasteiger partial charge is 0.465 e. The Labute approximate surface area is 188 Å². The van der Waals surface area contributed by atoms with E-state index in [1.165, 1.54) is 35.1 Å². The standard InChI is InChI=1S/C21H23FN6O5/c1-2-33-21(8-10-29)16(11-23)17(7-9-27(21)20(31)32)28-12-15(18(24)30)19(26-28)25-14-5-3-13(22)4-6-14/h3-6,10,12,16-17H,2,7-9H2,1H3,(H2,24,30)(H,25,26)(H,31,32)/t16-,17-,21?/m1/s1. The van der Waals surface area contributed by atoms with E-state index in [-0.39, 0.29) is 37.4 Å². The van der Waals surface area contributed by atoms with Crippen LogP contribution < -0.4 is 11.1 Å². The predicted octanol–water partition coefficient (Wildman–Crippen LogP) is 2.25. The second kappa shape index (κ2) is 9.66. The number of nitrogens with zero attached hydrogens (tertiary/aromatic N) is 4. The monoisotopic (exact) mass is 458 g/mol. The van der Waals surface area contributed by atoms with Crippen LogP contribution in [0.15, 0.2) is 30.5 Å². The molecule has 1 fully saturated rings. The van der Waals surface area contributed by atoms with Gasteiger partial charge >= 0.3 is 6.09 Å². The number of nitriles is 1. The number of piperidine rings is 1. The first kappa shape index (κ1) is 23.7. The SMILES string of the molecule is CCOC1(CC=O)[C@H](C#N)[C@H](n2cc(C(N)=O)c(Nc3ccc(F)cc3)n2)CCN1C(=O)O. The predicted molar refractivity (Wildman–Crippen MR) is 113 cm³/mol. The van der Waals surface area contributed by atoms with Crippen LogP contribution in [0.4, 0.5) is 20.7 Å². The lowest BCUT2D eigenvalue weighted by atomic mass is 9.80. The summed E-state index contributed by atoms with van der Waals surface area (Å²) in [5.41, 5.74) is 4.25. The van der Waals surface area contributed by atoms with Crippen LogP contribution in [0.25, 0.3) is 0 Å². The number of likely N-dealkylation sites (tertiary alicyclic amines) is 1. The van der Waals surface area contributed by atoms with Crippen LogP contribution in [0.3, 0.4) is 0 Å². The second-order valence-electron chi connectivity index (χ2n) is 7.41. The van der Waals surface area contributed by atoms with Crippen LogP contribution in [-0.4, -0.2) is 57.0 Å². The summed E-state index contributed by atoms with van der Waals surface area (Å²) in [5.74, 6) is -2.26. The van der Waals surface area contributed by atoms with Gasteiger partial charge in [-0.15, -0.1) is 0 Å². The summed E-state index contributed by atoms with van der Waals surface area (Å²) >= 11 is 0. The number of nitrogens with two attached hydrogens (primary N) is 1. The molecule has 1 saturated heterocycles. The third-order valence-corrected chi connectivity index (χ3v) is 5.56. The summed E-state index contributed by atoms with van der Waals surface area (Å²) in [4.78, 5) is 36.4. The van der Waals surface area contributed by atoms with Crippen molar-refractivity contribution in [3.8, 4) is 6.07 Å². The van der Waals surface area contributed by atoms with E-state index in [0.29, 0.717) is 12.0 Å². The van der Waals surface area contributed by atoms with E-state index < -0.39 is 35.5 Å². The zero-order valence-electron chi connectivity index (χ0n) is 17.8. The molecule has 11 nitrogen and oxygen atoms in total. The number of rotatable bonds is 8. The fourth-order valence-corrected chi connectivity index (χ4v) is 4.15. The zero-order valence-corrected chi connectivity index (χ0v) is 17.8. The van der Waals surface area contributed by atoms with E-state index in [9.17, 15) is 29.1 Å². The third-order valence-electron chi connectivity index (χ3n) is 5.56. The van der Waals surface area contributed by atoms with Crippen molar-refractivity contribution >= 4 is 29.8 Å². The van der Waals surface area contributed by atoms with Gasteiger partial charge < -0.3 is 25.7 Å². The molecule has 3 atom stereocenters. The van der Waals surface area contributed by atoms with Crippen molar-refractivity contribution < 1.29 is 28.6 Å². The number of amides is 2. The van der Waals surface area contributed by atoms with Crippen LogP contribution in [-0.2, 0) is 9.53 Å². The van der Waals surface area contributed by atoms with Crippen molar-refractivity contribution in [3.05, 3.63) is 41.8 Å². The summed E-state index contributed by atoms with van der Waals surface area (Å²) in [7, 11) is 0. The lowest BCUT2D eigenvalue weighted by molar-refractivity contribution is -0.191. The van der Waals surface area contributed by atoms with Crippen molar-refractivity contribution in [1.29, 1.82) is 5.26 Å². The minimum Gasteiger partial charge on any atom is -0.465 e. The van der Waals surface area contributed by atoms with E-state index in [2.05, 4.69) is 16.5 Å². The number of carbonyl (C=O) groups excluding carboxylic acids is 2. The van der Waals surface area contributed by atoms with Gasteiger partial charge in [0.1, 0.15) is 23.6 Å². The molecule has 1 aromatic carbocycles. The van der Waals surface area contributed by atoms with Crippen molar-refractivity contribution in [2.24, 2.45) is 11.7 Å². The molecule has 2 aromatic rings. The lowest BCUT2D eigenvalue weighted by Crippen LogP contribution is -2.63. The van der Waals surface area contributed by atoms with Crippen LogP contribution in [0.2, 0.25) is 0 Å². The first-order valence-corrected chi connectivity index (χ1v) is 10.2. The van der Waals surface area contributed by atoms with Gasteiger partial charge in [-0.3, -0.25) is 14.4 Å². The highest BCUT2D eigenvalue weighted by Gasteiger charge is 2.55. The van der Waals surface area contributed by atoms with Crippen molar-refractivity contribution in [2.45, 2.75) is 31.5 Å². The molecular formula is C21H23FN6O5. The highest BCUT2D eigenvalue weighted by atomic mass is 19.1. The molecule has 174 valence electrons. The van der Waals surface area contributed by atoms with Gasteiger partial charge in [-0.2, -0.15) is 10.4 Å². The van der Waals surface area contributed by atoms with Gasteiger partial charge in [0.15, 0.2) is 11.5 Å². The topological polar surface area (TPSA) is 164 Å². The number of carboxylic acid groups (broad SMARTS) is 1. The number of primary amides is 1. The van der Waals surface area contributed by atoms with Crippen LogP contribution in [0, 0.1) is 23.1 Å². The summed E-state index contributed by atoms with van der Waals surface area (Å²) in [6.45, 7) is 1.67. The fourth-order valence-electron chi connectivity index (χ4n) is 4.15. The van der Waals surface area contributed by atoms with E-state index >= 15 is 0 Å². The van der Waals surface area contributed by atoms with Gasteiger partial charge in [0.25, 0.3) is 5.91 Å². The molecule has 0 spiro atoms. The Morgan fingerprint density at radius 2 is 2.15 bits per heavy atom. The maximum Gasteiger partial charge on any atom is 0.409 e. The highest BCUT2D eigenvalue weighted by molar-refractivity contribution is 5.98. The number of benzene rings is 1. The molecule has 12 heteroatoms. The molecule has 0 bridgehead atoms. The molecule has 2 amide bonds. The van der Waals surface area contributed by atoms with Gasteiger partial charge in [-0.05, 0) is 37.6 Å². The van der Waals surface area contributed by atoms with E-state index in [1.54, 1.807) is 6.92 Å². The highest BCUT2D eigenvalue weighted by Crippen LogP contribution is 2.43. The van der Waals surface area contributed by atoms with Gasteiger partial charge in [0, 0.05) is 25.0 Å². The van der Waals surface area contributed by atoms with E-state index in [0.717, 1.165) is 4.90 Å². The number of hydrogen-bond acceptors (Lipinski definition) is 7. The summed E-state index contributed by atoms with van der Waals surface area (Å²) < 4.78 is 20.3. The van der Waals surface area contributed by atoms with Crippen molar-refractivity contribution in [2.75, 3.05) is 18.5 Å². The molecule has 4 N–H and O–H groups in total. The molecular weight excluding hydrogens is 435 g/mol. The van der Waals surface area contributed by atoms with Gasteiger partial charge in [-0.25, -0.2) is 9.18 Å². The average molecular weight is 458 g/mol. The number of aromatic nitrogens is 2. The summed E-state index contributed by atoms with van der Waals surface area (Å²) in [6.07, 6.45) is 0.372. The average Bonchev–Trinajstić information content (AvgIpc) is 3.19. The normalized spacial score (nSPS) is 22.4. The first-order chi connectivity index (χ1) is 15.8. The van der Waals surface area contributed by atoms with Crippen LogP contribution >= 0.6 is 0 Å². The van der Waals surface area contributed by atoms with Crippen LogP contribution in [0.1, 0.15) is 36.2 Å². The smallest absolute Gasteiger partial charge is 0.409 e. The molecule has 1 unspecified atom stereocenters. The van der Waals surface area contributed by atoms with Gasteiger partial charge in [0.05, 0.1) is 18.5 Å². The molecule has 1 aromatic heterocycles. The second-order valence-corrected chi connectivity index (χ2v) is 7.41. The number of ether oxygens (including phenoxy) is 1. The number of nitrogens with one attached hydrogen (secondary N) is 1. The number of aldehydes is 1. The number of anilines is 2. The van der Waals surface area contributed by atoms with Crippen molar-refractivity contribution in [3.63, 3.8) is 0 Å². The first-order valence-electron chi connectivity index (χ1n) is 10.2. The summed E-state index contributed by atoms with van der Waals surface area (Å²) in [6, 6.07) is 6.72. The molecule has 2 heterocycles. The molecule has 0 radical (unpaired) electrons. The zero-order chi connectivity index (χ0) is 24.2. The van der Waals surface area contributed by atoms with Crippen molar-refractivity contribution in [1.82, 2.24) is 14.7 Å². The molecule has 0 aliphatic carbocycles. The fraction of sp³-hybridized carbons (Fsp3) is 0.381. The van der Waals surface area contributed by atoms with E-state index in [4.69, 9.17) is 10.5 Å². The molecule has 1 aliphatic rings. The lowest BCUT2D eigenvalue weighted by Gasteiger charge is -2.49. The Morgan fingerprint density at radius 3 is 2.70 bits per heavy atom. The summed E-state index contributed by atoms with van der Waals surface area (Å²) in [5, 5.41) is 27.0. The maximum atomic E-state index is 13.2. The Hall–Kier alpha value is -3.98. The Kier molecular flexibility index (Phi) is 6.93. The maximum absolute atomic E-state index is 13.2. The van der Waals surface area contributed by atoms with Gasteiger partial charge in [-0.1, -0.05) is 0 Å². The molecule has 33 heavy (non-hydrogen) atoms. The number of carbonyl (C=O) groups is 3. The number of hydrogen-bond donors (Lipinski definition) is 3. The Balaban J connectivity index is 2.04. The molecule has 1 aliphatic heterocycles. The van der Waals surface area contributed by atoms with E-state index in [1.807, 2.05) is 0 Å². The van der Waals surface area contributed by atoms with Gasteiger partial charge in [0.2, 0.25) is 0 Å². The third kappa shape index (κ3) is 4.49.